The van der Waals surface area contributed by atoms with Crippen LogP contribution in [0.5, 0.6) is 0 Å². The Hall–Kier alpha value is -0.570. The Balaban J connectivity index is 2.45. The fourth-order valence-electron chi connectivity index (χ4n) is 1.31. The average Bonchev–Trinajstić information content (AvgIpc) is 2.83. The van der Waals surface area contributed by atoms with E-state index in [9.17, 15) is 0 Å². The van der Waals surface area contributed by atoms with Crippen molar-refractivity contribution in [3.05, 3.63) is 0 Å². The molecular weight excluding hydrogens is 152 g/mol. The zero-order chi connectivity index (χ0) is 8.97. The summed E-state index contributed by atoms with van der Waals surface area (Å²) >= 11 is 0. The van der Waals surface area contributed by atoms with Crippen LogP contribution in [0.4, 0.5) is 0 Å². The topological polar surface area (TPSA) is 47.6 Å². The lowest BCUT2D eigenvalue weighted by molar-refractivity contribution is 0.0936. The van der Waals surface area contributed by atoms with Crippen LogP contribution in [-0.2, 0) is 4.74 Å². The van der Waals surface area contributed by atoms with Crippen molar-refractivity contribution in [2.45, 2.75) is 32.8 Å². The molecule has 0 amide bonds. The van der Waals surface area contributed by atoms with Gasteiger partial charge in [-0.05, 0) is 32.6 Å². The summed E-state index contributed by atoms with van der Waals surface area (Å²) in [5.41, 5.74) is 5.78. The molecule has 1 aliphatic carbocycles. The van der Waals surface area contributed by atoms with Crippen LogP contribution in [0.15, 0.2) is 4.99 Å². The summed E-state index contributed by atoms with van der Waals surface area (Å²) in [4.78, 5) is 4.17. The highest BCUT2D eigenvalue weighted by molar-refractivity contribution is 5.85. The van der Waals surface area contributed by atoms with Gasteiger partial charge in [0.15, 0.2) is 0 Å². The van der Waals surface area contributed by atoms with Crippen molar-refractivity contribution in [1.82, 2.24) is 0 Å². The lowest BCUT2D eigenvalue weighted by Gasteiger charge is -2.15. The van der Waals surface area contributed by atoms with Crippen LogP contribution in [0.25, 0.3) is 0 Å². The first-order chi connectivity index (χ1) is 5.79. The molecule has 1 fully saturated rings. The quantitative estimate of drug-likeness (QED) is 0.497. The average molecular weight is 170 g/mol. The van der Waals surface area contributed by atoms with E-state index in [0.717, 1.165) is 13.2 Å². The van der Waals surface area contributed by atoms with Crippen molar-refractivity contribution in [3.63, 3.8) is 0 Å². The third-order valence-electron chi connectivity index (χ3n) is 2.03. The summed E-state index contributed by atoms with van der Waals surface area (Å²) < 4.78 is 5.52. The van der Waals surface area contributed by atoms with Gasteiger partial charge in [-0.25, -0.2) is 0 Å². The standard InChI is InChI=1S/C9H18N2O/c1-3-11-9(10)8(12-4-2)7-5-6-7/h7-8H,3-6H2,1-2H3,(H2,10,11). The zero-order valence-corrected chi connectivity index (χ0v) is 7.92. The van der Waals surface area contributed by atoms with Gasteiger partial charge < -0.3 is 10.5 Å². The van der Waals surface area contributed by atoms with Crippen LogP contribution >= 0.6 is 0 Å². The van der Waals surface area contributed by atoms with Crippen LogP contribution in [-0.4, -0.2) is 25.1 Å². The van der Waals surface area contributed by atoms with E-state index in [4.69, 9.17) is 10.5 Å². The second-order valence-corrected chi connectivity index (χ2v) is 3.11. The molecule has 0 spiro atoms. The Bertz CT molecular complexity index is 164. The predicted molar refractivity (Wildman–Crippen MR) is 50.3 cm³/mol. The van der Waals surface area contributed by atoms with Gasteiger partial charge in [0.05, 0.1) is 0 Å². The molecule has 0 aromatic carbocycles. The fourth-order valence-corrected chi connectivity index (χ4v) is 1.31. The van der Waals surface area contributed by atoms with Gasteiger partial charge in [-0.1, -0.05) is 0 Å². The molecule has 12 heavy (non-hydrogen) atoms. The molecule has 3 nitrogen and oxygen atoms in total. The number of aliphatic imine (C=N–C) groups is 1. The summed E-state index contributed by atoms with van der Waals surface area (Å²) in [6, 6.07) is 0. The maximum Gasteiger partial charge on any atom is 0.123 e. The third kappa shape index (κ3) is 2.48. The van der Waals surface area contributed by atoms with Gasteiger partial charge in [-0.15, -0.1) is 0 Å². The lowest BCUT2D eigenvalue weighted by Crippen LogP contribution is -2.33. The Morgan fingerprint density at radius 3 is 2.67 bits per heavy atom. The SMILES string of the molecule is CCN=C(N)C(OCC)C1CC1. The number of ether oxygens (including phenoxy) is 1. The van der Waals surface area contributed by atoms with Crippen LogP contribution in [0.1, 0.15) is 26.7 Å². The smallest absolute Gasteiger partial charge is 0.123 e. The minimum atomic E-state index is 0.0925. The molecule has 1 rings (SSSR count). The molecule has 1 atom stereocenters. The van der Waals surface area contributed by atoms with Crippen molar-refractivity contribution in [2.75, 3.05) is 13.2 Å². The maximum absolute atomic E-state index is 5.78. The second kappa shape index (κ2) is 4.45. The number of amidine groups is 1. The van der Waals surface area contributed by atoms with Crippen LogP contribution in [0, 0.1) is 5.92 Å². The Morgan fingerprint density at radius 1 is 1.58 bits per heavy atom. The number of rotatable bonds is 5. The second-order valence-electron chi connectivity index (χ2n) is 3.11. The summed E-state index contributed by atoms with van der Waals surface area (Å²) in [5.74, 6) is 1.32. The molecule has 70 valence electrons. The van der Waals surface area contributed by atoms with E-state index in [1.54, 1.807) is 0 Å². The van der Waals surface area contributed by atoms with E-state index in [2.05, 4.69) is 4.99 Å². The molecule has 0 aromatic rings. The van der Waals surface area contributed by atoms with Crippen molar-refractivity contribution in [3.8, 4) is 0 Å². The van der Waals surface area contributed by atoms with Gasteiger partial charge in [-0.3, -0.25) is 4.99 Å². The van der Waals surface area contributed by atoms with Gasteiger partial charge in [0.1, 0.15) is 11.9 Å². The maximum atomic E-state index is 5.78. The minimum absolute atomic E-state index is 0.0925. The predicted octanol–water partition coefficient (Wildman–Crippen LogP) is 1.18. The van der Waals surface area contributed by atoms with E-state index in [-0.39, 0.29) is 6.10 Å². The van der Waals surface area contributed by atoms with Gasteiger partial charge in [-0.2, -0.15) is 0 Å². The van der Waals surface area contributed by atoms with Crippen molar-refractivity contribution >= 4 is 5.84 Å². The van der Waals surface area contributed by atoms with Crippen molar-refractivity contribution in [1.29, 1.82) is 0 Å². The zero-order valence-electron chi connectivity index (χ0n) is 7.92. The van der Waals surface area contributed by atoms with Gasteiger partial charge in [0, 0.05) is 13.2 Å². The van der Waals surface area contributed by atoms with E-state index < -0.39 is 0 Å². The normalized spacial score (nSPS) is 21.0. The molecule has 0 aliphatic heterocycles. The molecule has 1 unspecified atom stereocenters. The third-order valence-corrected chi connectivity index (χ3v) is 2.03. The monoisotopic (exact) mass is 170 g/mol. The number of nitrogens with zero attached hydrogens (tertiary/aromatic N) is 1. The van der Waals surface area contributed by atoms with Gasteiger partial charge in [0.2, 0.25) is 0 Å². The molecule has 3 heteroatoms. The summed E-state index contributed by atoms with van der Waals surface area (Å²) in [5, 5.41) is 0. The van der Waals surface area contributed by atoms with E-state index >= 15 is 0 Å². The fraction of sp³-hybridized carbons (Fsp3) is 0.889. The molecular formula is C9H18N2O. The molecule has 1 aliphatic rings. The van der Waals surface area contributed by atoms with Gasteiger partial charge in [0.25, 0.3) is 0 Å². The van der Waals surface area contributed by atoms with E-state index in [0.29, 0.717) is 11.8 Å². The van der Waals surface area contributed by atoms with Gasteiger partial charge >= 0.3 is 0 Å². The number of hydrogen-bond acceptors (Lipinski definition) is 2. The summed E-state index contributed by atoms with van der Waals surface area (Å²) in [6.45, 7) is 5.46. The van der Waals surface area contributed by atoms with Crippen molar-refractivity contribution in [2.24, 2.45) is 16.6 Å². The molecule has 2 N–H and O–H groups in total. The first-order valence-corrected chi connectivity index (χ1v) is 4.71. The highest BCUT2D eigenvalue weighted by atomic mass is 16.5. The van der Waals surface area contributed by atoms with Crippen LogP contribution in [0.2, 0.25) is 0 Å². The highest BCUT2D eigenvalue weighted by Crippen LogP contribution is 2.34. The number of nitrogens with two attached hydrogens (primary N) is 1. The van der Waals surface area contributed by atoms with Crippen molar-refractivity contribution < 1.29 is 4.74 Å². The minimum Gasteiger partial charge on any atom is -0.385 e. The molecule has 1 saturated carbocycles. The molecule has 0 saturated heterocycles. The lowest BCUT2D eigenvalue weighted by atomic mass is 10.2. The Kier molecular flexibility index (Phi) is 3.53. The Labute approximate surface area is 74.0 Å². The first-order valence-electron chi connectivity index (χ1n) is 4.71. The molecule has 0 radical (unpaired) electrons. The van der Waals surface area contributed by atoms with Crippen LogP contribution < -0.4 is 5.73 Å². The van der Waals surface area contributed by atoms with E-state index in [1.807, 2.05) is 13.8 Å². The number of hydrogen-bond donors (Lipinski definition) is 1. The summed E-state index contributed by atoms with van der Waals surface area (Å²) in [7, 11) is 0. The van der Waals surface area contributed by atoms with Crippen LogP contribution in [0.3, 0.4) is 0 Å². The Morgan fingerprint density at radius 2 is 2.25 bits per heavy atom. The first kappa shape index (κ1) is 9.52. The molecule has 0 bridgehead atoms. The summed E-state index contributed by atoms with van der Waals surface area (Å²) in [6.07, 6.45) is 2.57. The highest BCUT2D eigenvalue weighted by Gasteiger charge is 2.34. The molecule has 0 heterocycles. The largest absolute Gasteiger partial charge is 0.385 e. The molecule has 0 aromatic heterocycles. The van der Waals surface area contributed by atoms with E-state index in [1.165, 1.54) is 12.8 Å².